The molecule has 3 aromatic carbocycles. The highest BCUT2D eigenvalue weighted by atomic mass is 35.5. The Labute approximate surface area is 195 Å². The predicted octanol–water partition coefficient (Wildman–Crippen LogP) is 6.18. The Hall–Kier alpha value is -3.29. The fraction of sp³-hybridized carbons (Fsp3) is 0.125. The number of hydrogen-bond donors (Lipinski definition) is 1. The molecule has 32 heavy (non-hydrogen) atoms. The number of aromatic nitrogens is 2. The van der Waals surface area contributed by atoms with Gasteiger partial charge in [0, 0.05) is 11.3 Å². The lowest BCUT2D eigenvalue weighted by Gasteiger charge is -2.15. The van der Waals surface area contributed by atoms with Gasteiger partial charge in [-0.1, -0.05) is 60.1 Å². The fourth-order valence-corrected chi connectivity index (χ4v) is 4.27. The molecule has 1 N–H and O–H groups in total. The van der Waals surface area contributed by atoms with E-state index >= 15 is 0 Å². The summed E-state index contributed by atoms with van der Waals surface area (Å²) in [5.41, 5.74) is 3.26. The van der Waals surface area contributed by atoms with Crippen LogP contribution in [0.4, 0.5) is 5.69 Å². The van der Waals surface area contributed by atoms with Crippen LogP contribution in [-0.4, -0.2) is 23.2 Å². The van der Waals surface area contributed by atoms with E-state index in [1.165, 1.54) is 18.9 Å². The molecule has 4 rings (SSSR count). The third kappa shape index (κ3) is 4.95. The number of rotatable bonds is 7. The van der Waals surface area contributed by atoms with E-state index < -0.39 is 5.25 Å². The van der Waals surface area contributed by atoms with Gasteiger partial charge < -0.3 is 14.5 Å². The number of thioether (sulfide) groups is 1. The molecular weight excluding hydrogens is 446 g/mol. The lowest BCUT2D eigenvalue weighted by molar-refractivity contribution is -0.115. The highest BCUT2D eigenvalue weighted by Gasteiger charge is 2.25. The molecule has 1 unspecified atom stereocenters. The van der Waals surface area contributed by atoms with Crippen molar-refractivity contribution in [3.8, 4) is 17.2 Å². The van der Waals surface area contributed by atoms with Gasteiger partial charge in [0.2, 0.25) is 11.8 Å². The number of halogens is 1. The van der Waals surface area contributed by atoms with Crippen LogP contribution in [0.2, 0.25) is 5.02 Å². The number of nitrogens with zero attached hydrogens (tertiary/aromatic N) is 2. The normalized spacial score (nSPS) is 11.7. The molecule has 1 amide bonds. The van der Waals surface area contributed by atoms with Crippen LogP contribution in [-0.2, 0) is 4.79 Å². The number of nitrogens with one attached hydrogen (secondary N) is 1. The lowest BCUT2D eigenvalue weighted by atomic mass is 10.1. The largest absolute Gasteiger partial charge is 0.495 e. The molecule has 0 aliphatic heterocycles. The van der Waals surface area contributed by atoms with Crippen LogP contribution in [0.3, 0.4) is 0 Å². The molecule has 0 fully saturated rings. The number of benzene rings is 3. The standard InChI is InChI=1S/C24H20ClN3O3S/c1-15-8-6-7-11-18(15)23-27-28-24(31-23)32-21(16-9-4-3-5-10-16)22(29)26-17-12-13-20(30-2)19(25)14-17/h3-14,21H,1-2H3,(H,26,29). The molecular formula is C24H20ClN3O3S. The second-order valence-corrected chi connectivity index (χ2v) is 8.40. The van der Waals surface area contributed by atoms with Crippen LogP contribution in [0.1, 0.15) is 16.4 Å². The van der Waals surface area contributed by atoms with Crippen molar-refractivity contribution in [2.24, 2.45) is 0 Å². The average molecular weight is 466 g/mol. The van der Waals surface area contributed by atoms with E-state index in [2.05, 4.69) is 15.5 Å². The second-order valence-electron chi connectivity index (χ2n) is 6.94. The van der Waals surface area contributed by atoms with E-state index in [1.807, 2.05) is 61.5 Å². The van der Waals surface area contributed by atoms with Gasteiger partial charge in [-0.05, 0) is 54.1 Å². The summed E-state index contributed by atoms with van der Waals surface area (Å²) in [5.74, 6) is 0.714. The molecule has 162 valence electrons. The molecule has 0 radical (unpaired) electrons. The number of hydrogen-bond acceptors (Lipinski definition) is 6. The maximum atomic E-state index is 13.2. The summed E-state index contributed by atoms with van der Waals surface area (Å²) in [6.07, 6.45) is 0. The quantitative estimate of drug-likeness (QED) is 0.328. The van der Waals surface area contributed by atoms with Gasteiger partial charge in [-0.2, -0.15) is 0 Å². The summed E-state index contributed by atoms with van der Waals surface area (Å²) >= 11 is 7.39. The Morgan fingerprint density at radius 2 is 1.81 bits per heavy atom. The van der Waals surface area contributed by atoms with Crippen molar-refractivity contribution < 1.29 is 13.9 Å². The number of anilines is 1. The number of ether oxygens (including phenoxy) is 1. The number of carbonyl (C=O) groups excluding carboxylic acids is 1. The lowest BCUT2D eigenvalue weighted by Crippen LogP contribution is -2.19. The molecule has 1 heterocycles. The Morgan fingerprint density at radius 3 is 2.53 bits per heavy atom. The van der Waals surface area contributed by atoms with Crippen molar-refractivity contribution in [2.75, 3.05) is 12.4 Å². The monoisotopic (exact) mass is 465 g/mol. The smallest absolute Gasteiger partial charge is 0.277 e. The zero-order chi connectivity index (χ0) is 22.5. The third-order valence-corrected chi connectivity index (χ3v) is 6.14. The molecule has 4 aromatic rings. The summed E-state index contributed by atoms with van der Waals surface area (Å²) in [6.45, 7) is 1.98. The molecule has 6 nitrogen and oxygen atoms in total. The molecule has 0 saturated heterocycles. The van der Waals surface area contributed by atoms with Gasteiger partial charge in [-0.15, -0.1) is 10.2 Å². The van der Waals surface area contributed by atoms with Crippen molar-refractivity contribution in [3.05, 3.63) is 88.9 Å². The number of amides is 1. The molecule has 1 atom stereocenters. The first-order chi connectivity index (χ1) is 15.5. The van der Waals surface area contributed by atoms with E-state index in [9.17, 15) is 4.79 Å². The zero-order valence-corrected chi connectivity index (χ0v) is 19.0. The van der Waals surface area contributed by atoms with E-state index in [1.54, 1.807) is 18.2 Å². The topological polar surface area (TPSA) is 77.2 Å². The maximum Gasteiger partial charge on any atom is 0.277 e. The zero-order valence-electron chi connectivity index (χ0n) is 17.4. The summed E-state index contributed by atoms with van der Waals surface area (Å²) in [7, 11) is 1.54. The second kappa shape index (κ2) is 9.89. The van der Waals surface area contributed by atoms with Crippen LogP contribution < -0.4 is 10.1 Å². The van der Waals surface area contributed by atoms with Gasteiger partial charge in [-0.25, -0.2) is 0 Å². The first-order valence-corrected chi connectivity index (χ1v) is 11.1. The maximum absolute atomic E-state index is 13.2. The summed E-state index contributed by atoms with van der Waals surface area (Å²) in [5, 5.41) is 11.3. The minimum absolute atomic E-state index is 0.238. The molecule has 1 aromatic heterocycles. The Bertz CT molecular complexity index is 1230. The molecule has 0 aliphatic rings. The molecule has 0 aliphatic carbocycles. The molecule has 8 heteroatoms. The van der Waals surface area contributed by atoms with Crippen LogP contribution in [0, 0.1) is 6.92 Å². The van der Waals surface area contributed by atoms with E-state index in [4.69, 9.17) is 20.8 Å². The number of aryl methyl sites for hydroxylation is 1. The van der Waals surface area contributed by atoms with Crippen molar-refractivity contribution in [1.82, 2.24) is 10.2 Å². The highest BCUT2D eigenvalue weighted by molar-refractivity contribution is 8.00. The van der Waals surface area contributed by atoms with Gasteiger partial charge in [-0.3, -0.25) is 4.79 Å². The summed E-state index contributed by atoms with van der Waals surface area (Å²) < 4.78 is 11.0. The Morgan fingerprint density at radius 1 is 1.06 bits per heavy atom. The summed E-state index contributed by atoms with van der Waals surface area (Å²) in [4.78, 5) is 13.2. The van der Waals surface area contributed by atoms with E-state index in [-0.39, 0.29) is 5.91 Å². The minimum atomic E-state index is -0.609. The van der Waals surface area contributed by atoms with Crippen molar-refractivity contribution in [3.63, 3.8) is 0 Å². The molecule has 0 saturated carbocycles. The van der Waals surface area contributed by atoms with Crippen LogP contribution in [0.15, 0.2) is 82.4 Å². The van der Waals surface area contributed by atoms with Crippen LogP contribution in [0.5, 0.6) is 5.75 Å². The van der Waals surface area contributed by atoms with Crippen molar-refractivity contribution in [2.45, 2.75) is 17.4 Å². The number of carbonyl (C=O) groups is 1. The molecule has 0 spiro atoms. The Balaban J connectivity index is 1.59. The first kappa shape index (κ1) is 21.9. The third-order valence-electron chi connectivity index (χ3n) is 4.76. The molecule has 0 bridgehead atoms. The van der Waals surface area contributed by atoms with Gasteiger partial charge in [0.25, 0.3) is 5.22 Å². The van der Waals surface area contributed by atoms with Crippen molar-refractivity contribution in [1.29, 1.82) is 0 Å². The predicted molar refractivity (Wildman–Crippen MR) is 126 cm³/mol. The van der Waals surface area contributed by atoms with Gasteiger partial charge in [0.15, 0.2) is 0 Å². The summed E-state index contributed by atoms with van der Waals surface area (Å²) in [6, 6.07) is 22.3. The van der Waals surface area contributed by atoms with Crippen molar-refractivity contribution >= 4 is 35.0 Å². The Kier molecular flexibility index (Phi) is 6.78. The minimum Gasteiger partial charge on any atom is -0.495 e. The number of methoxy groups -OCH3 is 1. The van der Waals surface area contributed by atoms with E-state index in [0.29, 0.717) is 27.6 Å². The van der Waals surface area contributed by atoms with Crippen LogP contribution >= 0.6 is 23.4 Å². The fourth-order valence-electron chi connectivity index (χ4n) is 3.13. The van der Waals surface area contributed by atoms with Gasteiger partial charge >= 0.3 is 0 Å². The van der Waals surface area contributed by atoms with Gasteiger partial charge in [0.1, 0.15) is 11.0 Å². The SMILES string of the molecule is COc1ccc(NC(=O)C(Sc2nnc(-c3ccccc3C)o2)c2ccccc2)cc1Cl. The average Bonchev–Trinajstić information content (AvgIpc) is 3.27. The first-order valence-electron chi connectivity index (χ1n) is 9.80. The van der Waals surface area contributed by atoms with Crippen LogP contribution in [0.25, 0.3) is 11.5 Å². The van der Waals surface area contributed by atoms with Gasteiger partial charge in [0.05, 0.1) is 12.1 Å². The highest BCUT2D eigenvalue weighted by Crippen LogP contribution is 2.37. The van der Waals surface area contributed by atoms with E-state index in [0.717, 1.165) is 16.7 Å².